The predicted octanol–water partition coefficient (Wildman–Crippen LogP) is 4.85. The van der Waals surface area contributed by atoms with E-state index in [0.29, 0.717) is 10.8 Å². The molecule has 0 aliphatic carbocycles. The maximum Gasteiger partial charge on any atom is 0.287 e. The first kappa shape index (κ1) is 18.1. The van der Waals surface area contributed by atoms with Crippen LogP contribution >= 0.6 is 11.6 Å². The minimum atomic E-state index is -0.391. The summed E-state index contributed by atoms with van der Waals surface area (Å²) >= 11 is 5.93. The molecule has 28 heavy (non-hydrogen) atoms. The van der Waals surface area contributed by atoms with Gasteiger partial charge < -0.3 is 14.3 Å². The van der Waals surface area contributed by atoms with Crippen LogP contribution in [0, 0.1) is 0 Å². The van der Waals surface area contributed by atoms with Crippen LogP contribution in [0.15, 0.2) is 83.5 Å². The Balaban J connectivity index is 1.60. The summed E-state index contributed by atoms with van der Waals surface area (Å²) in [5.74, 6) is 1.27. The second-order valence-corrected chi connectivity index (χ2v) is 6.82. The van der Waals surface area contributed by atoms with Crippen LogP contribution in [-0.4, -0.2) is 15.5 Å². The molecule has 4 aromatic rings. The molecule has 0 saturated heterocycles. The van der Waals surface area contributed by atoms with E-state index < -0.39 is 6.04 Å². The van der Waals surface area contributed by atoms with Gasteiger partial charge in [-0.15, -0.1) is 0 Å². The number of hydrogen-bond donors (Lipinski definition) is 1. The minimum absolute atomic E-state index is 0.236. The summed E-state index contributed by atoms with van der Waals surface area (Å²) < 4.78 is 7.66. The molecule has 1 amide bonds. The molecule has 0 aliphatic rings. The summed E-state index contributed by atoms with van der Waals surface area (Å²) in [6.07, 6.45) is 3.56. The summed E-state index contributed by atoms with van der Waals surface area (Å²) in [7, 11) is 1.90. The molecule has 4 rings (SSSR count). The predicted molar refractivity (Wildman–Crippen MR) is 108 cm³/mol. The number of hydrogen-bond acceptors (Lipinski definition) is 3. The fourth-order valence-electron chi connectivity index (χ4n) is 3.03. The number of amides is 1. The van der Waals surface area contributed by atoms with Crippen LogP contribution in [0.25, 0.3) is 11.3 Å². The third-order valence-electron chi connectivity index (χ3n) is 4.48. The highest BCUT2D eigenvalue weighted by atomic mass is 35.5. The summed E-state index contributed by atoms with van der Waals surface area (Å²) in [6.45, 7) is 0. The van der Waals surface area contributed by atoms with Gasteiger partial charge in [0, 0.05) is 30.0 Å². The standard InChI is InChI=1S/C22H18ClN3O2/c1-26-14-13-24-21(26)20(16-5-3-2-4-6-16)25-22(27)19-12-11-18(28-19)15-7-9-17(23)10-8-15/h2-14,20H,1H3,(H,25,27)/t20-/m0/s1. The highest BCUT2D eigenvalue weighted by molar-refractivity contribution is 6.30. The molecule has 2 heterocycles. The van der Waals surface area contributed by atoms with Gasteiger partial charge in [0.25, 0.3) is 5.91 Å². The number of carbonyl (C=O) groups excluding carboxylic acids is 1. The highest BCUT2D eigenvalue weighted by Gasteiger charge is 2.23. The molecule has 0 aliphatic heterocycles. The van der Waals surface area contributed by atoms with Crippen LogP contribution in [0.2, 0.25) is 5.02 Å². The molecule has 0 unspecified atom stereocenters. The number of nitrogens with one attached hydrogen (secondary N) is 1. The molecule has 0 radical (unpaired) electrons. The smallest absolute Gasteiger partial charge is 0.287 e. The minimum Gasteiger partial charge on any atom is -0.451 e. The Morgan fingerprint density at radius 1 is 1.07 bits per heavy atom. The lowest BCUT2D eigenvalue weighted by Crippen LogP contribution is -2.30. The van der Waals surface area contributed by atoms with Crippen molar-refractivity contribution in [3.63, 3.8) is 0 Å². The molecule has 1 atom stereocenters. The first-order valence-electron chi connectivity index (χ1n) is 8.80. The molecule has 5 nitrogen and oxygen atoms in total. The normalized spacial score (nSPS) is 11.9. The van der Waals surface area contributed by atoms with Crippen LogP contribution in [-0.2, 0) is 7.05 Å². The Morgan fingerprint density at radius 3 is 2.50 bits per heavy atom. The van der Waals surface area contributed by atoms with Gasteiger partial charge in [0.15, 0.2) is 5.76 Å². The number of imidazole rings is 1. The van der Waals surface area contributed by atoms with Crippen LogP contribution in [0.3, 0.4) is 0 Å². The Hall–Kier alpha value is -3.31. The summed E-state index contributed by atoms with van der Waals surface area (Å²) in [5, 5.41) is 3.68. The molecule has 0 saturated carbocycles. The zero-order chi connectivity index (χ0) is 19.5. The van der Waals surface area contributed by atoms with Crippen molar-refractivity contribution >= 4 is 17.5 Å². The van der Waals surface area contributed by atoms with E-state index in [1.807, 2.05) is 60.3 Å². The van der Waals surface area contributed by atoms with Crippen molar-refractivity contribution in [2.45, 2.75) is 6.04 Å². The Morgan fingerprint density at radius 2 is 1.82 bits per heavy atom. The van der Waals surface area contributed by atoms with E-state index in [0.717, 1.165) is 17.0 Å². The first-order chi connectivity index (χ1) is 13.6. The molecule has 0 fully saturated rings. The molecule has 6 heteroatoms. The second-order valence-electron chi connectivity index (χ2n) is 6.38. The SMILES string of the molecule is Cn1ccnc1[C@@H](NC(=O)c1ccc(-c2ccc(Cl)cc2)o1)c1ccccc1. The second kappa shape index (κ2) is 7.74. The number of rotatable bonds is 5. The van der Waals surface area contributed by atoms with Gasteiger partial charge in [-0.2, -0.15) is 0 Å². The molecule has 2 aromatic heterocycles. The topological polar surface area (TPSA) is 60.1 Å². The van der Waals surface area contributed by atoms with Crippen molar-refractivity contribution in [3.8, 4) is 11.3 Å². The van der Waals surface area contributed by atoms with Crippen molar-refractivity contribution < 1.29 is 9.21 Å². The number of benzene rings is 2. The zero-order valence-electron chi connectivity index (χ0n) is 15.2. The van der Waals surface area contributed by atoms with Crippen LogP contribution < -0.4 is 5.32 Å². The van der Waals surface area contributed by atoms with E-state index >= 15 is 0 Å². The lowest BCUT2D eigenvalue weighted by atomic mass is 10.1. The highest BCUT2D eigenvalue weighted by Crippen LogP contribution is 2.25. The van der Waals surface area contributed by atoms with E-state index in [-0.39, 0.29) is 11.7 Å². The molecule has 0 spiro atoms. The third-order valence-corrected chi connectivity index (χ3v) is 4.74. The van der Waals surface area contributed by atoms with Crippen LogP contribution in [0.4, 0.5) is 0 Å². The molecular formula is C22H18ClN3O2. The number of aromatic nitrogens is 2. The monoisotopic (exact) mass is 391 g/mol. The molecule has 140 valence electrons. The van der Waals surface area contributed by atoms with Gasteiger partial charge in [0.05, 0.1) is 0 Å². The van der Waals surface area contributed by atoms with Gasteiger partial charge in [-0.05, 0) is 42.0 Å². The third kappa shape index (κ3) is 3.70. The number of nitrogens with zero attached hydrogens (tertiary/aromatic N) is 2. The lowest BCUT2D eigenvalue weighted by molar-refractivity contribution is 0.0914. The number of furan rings is 1. The van der Waals surface area contributed by atoms with Crippen LogP contribution in [0.5, 0.6) is 0 Å². The molecular weight excluding hydrogens is 374 g/mol. The summed E-state index contributed by atoms with van der Waals surface area (Å²) in [5.41, 5.74) is 1.79. The average Bonchev–Trinajstić information content (AvgIpc) is 3.37. The molecule has 1 N–H and O–H groups in total. The average molecular weight is 392 g/mol. The zero-order valence-corrected chi connectivity index (χ0v) is 15.9. The maximum absolute atomic E-state index is 12.9. The van der Waals surface area contributed by atoms with E-state index in [1.54, 1.807) is 30.5 Å². The van der Waals surface area contributed by atoms with Crippen LogP contribution in [0.1, 0.15) is 28.0 Å². The fourth-order valence-corrected chi connectivity index (χ4v) is 3.16. The Bertz CT molecular complexity index is 1080. The van der Waals surface area contributed by atoms with Crippen molar-refractivity contribution in [1.82, 2.24) is 14.9 Å². The van der Waals surface area contributed by atoms with Gasteiger partial charge in [-0.25, -0.2) is 4.98 Å². The number of aryl methyl sites for hydroxylation is 1. The van der Waals surface area contributed by atoms with Crippen molar-refractivity contribution in [2.24, 2.45) is 7.05 Å². The Kier molecular flexibility index (Phi) is 5.00. The molecule has 0 bridgehead atoms. The van der Waals surface area contributed by atoms with E-state index in [4.69, 9.17) is 16.0 Å². The Labute approximate surface area is 167 Å². The van der Waals surface area contributed by atoms with Gasteiger partial charge in [0.1, 0.15) is 17.6 Å². The van der Waals surface area contributed by atoms with Gasteiger partial charge >= 0.3 is 0 Å². The number of carbonyl (C=O) groups is 1. The quantitative estimate of drug-likeness (QED) is 0.529. The number of halogens is 1. The largest absolute Gasteiger partial charge is 0.451 e. The van der Waals surface area contributed by atoms with Crippen molar-refractivity contribution in [2.75, 3.05) is 0 Å². The van der Waals surface area contributed by atoms with Gasteiger partial charge in [-0.3, -0.25) is 4.79 Å². The summed E-state index contributed by atoms with van der Waals surface area (Å²) in [4.78, 5) is 17.3. The van der Waals surface area contributed by atoms with Crippen molar-refractivity contribution in [1.29, 1.82) is 0 Å². The first-order valence-corrected chi connectivity index (χ1v) is 9.18. The van der Waals surface area contributed by atoms with E-state index in [9.17, 15) is 4.79 Å². The van der Waals surface area contributed by atoms with E-state index in [1.165, 1.54) is 0 Å². The van der Waals surface area contributed by atoms with Gasteiger partial charge in [-0.1, -0.05) is 41.9 Å². The molecule has 2 aromatic carbocycles. The lowest BCUT2D eigenvalue weighted by Gasteiger charge is -2.18. The van der Waals surface area contributed by atoms with E-state index in [2.05, 4.69) is 10.3 Å². The van der Waals surface area contributed by atoms with Gasteiger partial charge in [0.2, 0.25) is 0 Å². The maximum atomic E-state index is 12.9. The van der Waals surface area contributed by atoms with Crippen molar-refractivity contribution in [3.05, 3.63) is 101 Å². The fraction of sp³-hybridized carbons (Fsp3) is 0.0909. The summed E-state index contributed by atoms with van der Waals surface area (Å²) in [6, 6.07) is 20.0.